The largest absolute Gasteiger partial charge is 0.356 e. The van der Waals surface area contributed by atoms with Crippen molar-refractivity contribution in [1.29, 1.82) is 0 Å². The van der Waals surface area contributed by atoms with E-state index in [9.17, 15) is 9.59 Å². The minimum atomic E-state index is -0.405. The molecule has 1 fully saturated rings. The third-order valence-electron chi connectivity index (χ3n) is 3.13. The third-order valence-corrected chi connectivity index (χ3v) is 4.56. The van der Waals surface area contributed by atoms with Gasteiger partial charge >= 0.3 is 0 Å². The van der Waals surface area contributed by atoms with Crippen molar-refractivity contribution in [3.63, 3.8) is 0 Å². The van der Waals surface area contributed by atoms with E-state index in [0.717, 1.165) is 5.69 Å². The van der Waals surface area contributed by atoms with Crippen molar-refractivity contribution >= 4 is 46.0 Å². The quantitative estimate of drug-likeness (QED) is 0.897. The summed E-state index contributed by atoms with van der Waals surface area (Å²) >= 11 is 7.19. The Labute approximate surface area is 139 Å². The van der Waals surface area contributed by atoms with E-state index in [1.54, 1.807) is 29.2 Å². The second kappa shape index (κ2) is 7.65. The number of aliphatic imine (C=N–C) groups is 1. The molecule has 1 aromatic carbocycles. The number of thioether (sulfide) groups is 1. The molecule has 2 rings (SSSR count). The average Bonchev–Trinajstić information content (AvgIpc) is 2.77. The fourth-order valence-corrected chi connectivity index (χ4v) is 3.43. The summed E-state index contributed by atoms with van der Waals surface area (Å²) < 4.78 is 0. The molecule has 0 aromatic heterocycles. The molecule has 1 aromatic rings. The zero-order chi connectivity index (χ0) is 16.1. The first-order valence-corrected chi connectivity index (χ1v) is 8.39. The van der Waals surface area contributed by atoms with Crippen LogP contribution in [-0.4, -0.2) is 40.2 Å². The topological polar surface area (TPSA) is 61.8 Å². The van der Waals surface area contributed by atoms with Gasteiger partial charge in [-0.05, 0) is 38.1 Å². The molecule has 0 saturated carbocycles. The van der Waals surface area contributed by atoms with Crippen LogP contribution in [0.5, 0.6) is 0 Å². The Hall–Kier alpha value is -1.53. The number of hydrogen-bond donors (Lipinski definition) is 1. The maximum Gasteiger partial charge on any atom is 0.242 e. The molecule has 0 aliphatic carbocycles. The van der Waals surface area contributed by atoms with E-state index in [1.165, 1.54) is 11.8 Å². The highest BCUT2D eigenvalue weighted by molar-refractivity contribution is 8.15. The number of halogens is 1. The highest BCUT2D eigenvalue weighted by Gasteiger charge is 2.38. The predicted molar refractivity (Wildman–Crippen MR) is 90.6 cm³/mol. The van der Waals surface area contributed by atoms with Gasteiger partial charge in [0.2, 0.25) is 11.8 Å². The van der Waals surface area contributed by atoms with E-state index < -0.39 is 5.25 Å². The van der Waals surface area contributed by atoms with E-state index in [4.69, 9.17) is 11.6 Å². The lowest BCUT2D eigenvalue weighted by atomic mass is 10.2. The molecule has 1 saturated heterocycles. The van der Waals surface area contributed by atoms with Crippen molar-refractivity contribution in [2.75, 3.05) is 13.1 Å². The molecule has 1 N–H and O–H groups in total. The van der Waals surface area contributed by atoms with Crippen LogP contribution < -0.4 is 5.32 Å². The maximum atomic E-state index is 12.4. The number of amidine groups is 1. The summed E-state index contributed by atoms with van der Waals surface area (Å²) in [6.07, 6.45) is 0.174. The number of carbonyl (C=O) groups excluding carboxylic acids is 2. The lowest BCUT2D eigenvalue weighted by Crippen LogP contribution is -2.34. The summed E-state index contributed by atoms with van der Waals surface area (Å²) in [5.41, 5.74) is 0.733. The number of amides is 2. The standard InChI is InChI=1S/C15H18ClN3O2S/c1-3-17-13(20)9-12-14(21)19(4-2)15(22-12)18-11-7-5-10(16)6-8-11/h5-8,12H,3-4,9H2,1-2H3,(H,17,20)/t12-/m1/s1. The average molecular weight is 340 g/mol. The number of nitrogens with zero attached hydrogens (tertiary/aromatic N) is 2. The Bertz CT molecular complexity index is 589. The molecule has 1 aliphatic heterocycles. The Kier molecular flexibility index (Phi) is 5.85. The van der Waals surface area contributed by atoms with Gasteiger partial charge in [-0.3, -0.25) is 14.5 Å². The van der Waals surface area contributed by atoms with Crippen molar-refractivity contribution in [2.45, 2.75) is 25.5 Å². The van der Waals surface area contributed by atoms with Gasteiger partial charge in [-0.15, -0.1) is 0 Å². The molecule has 118 valence electrons. The highest BCUT2D eigenvalue weighted by atomic mass is 35.5. The van der Waals surface area contributed by atoms with Gasteiger partial charge in [0, 0.05) is 24.5 Å². The van der Waals surface area contributed by atoms with E-state index in [1.807, 2.05) is 13.8 Å². The summed E-state index contributed by atoms with van der Waals surface area (Å²) in [7, 11) is 0. The van der Waals surface area contributed by atoms with Gasteiger partial charge < -0.3 is 5.32 Å². The molecular weight excluding hydrogens is 322 g/mol. The number of rotatable bonds is 5. The van der Waals surface area contributed by atoms with E-state index in [-0.39, 0.29) is 18.2 Å². The molecule has 1 atom stereocenters. The lowest BCUT2D eigenvalue weighted by molar-refractivity contribution is -0.129. The minimum absolute atomic E-state index is 0.0635. The first-order chi connectivity index (χ1) is 10.5. The number of nitrogens with one attached hydrogen (secondary N) is 1. The van der Waals surface area contributed by atoms with Crippen molar-refractivity contribution in [2.24, 2.45) is 4.99 Å². The molecule has 22 heavy (non-hydrogen) atoms. The molecule has 1 aliphatic rings. The summed E-state index contributed by atoms with van der Waals surface area (Å²) in [4.78, 5) is 30.2. The van der Waals surface area contributed by atoms with E-state index >= 15 is 0 Å². The second-order valence-electron chi connectivity index (χ2n) is 4.72. The SMILES string of the molecule is CCNC(=O)C[C@H]1SC(=Nc2ccc(Cl)cc2)N(CC)C1=O. The third kappa shape index (κ3) is 4.01. The first-order valence-electron chi connectivity index (χ1n) is 7.14. The zero-order valence-corrected chi connectivity index (χ0v) is 14.1. The van der Waals surface area contributed by atoms with Crippen molar-refractivity contribution in [1.82, 2.24) is 10.2 Å². The summed E-state index contributed by atoms with van der Waals surface area (Å²) in [6.45, 7) is 4.84. The molecule has 0 spiro atoms. The molecule has 5 nitrogen and oxygen atoms in total. The van der Waals surface area contributed by atoms with Crippen LogP contribution >= 0.6 is 23.4 Å². The molecule has 2 amide bonds. The van der Waals surface area contributed by atoms with Crippen molar-refractivity contribution < 1.29 is 9.59 Å². The molecule has 0 unspecified atom stereocenters. The van der Waals surface area contributed by atoms with Crippen molar-refractivity contribution in [3.8, 4) is 0 Å². The summed E-state index contributed by atoms with van der Waals surface area (Å²) in [6, 6.07) is 7.10. The molecule has 0 bridgehead atoms. The van der Waals surface area contributed by atoms with Gasteiger partial charge in [-0.25, -0.2) is 4.99 Å². The van der Waals surface area contributed by atoms with Crippen LogP contribution in [0.2, 0.25) is 5.02 Å². The van der Waals surface area contributed by atoms with Crippen LogP contribution in [0.4, 0.5) is 5.69 Å². The monoisotopic (exact) mass is 339 g/mol. The Balaban J connectivity index is 2.16. The van der Waals surface area contributed by atoms with Crippen LogP contribution in [0.15, 0.2) is 29.3 Å². The Morgan fingerprint density at radius 3 is 2.64 bits per heavy atom. The van der Waals surface area contributed by atoms with E-state index in [2.05, 4.69) is 10.3 Å². The number of hydrogen-bond acceptors (Lipinski definition) is 4. The molecule has 1 heterocycles. The van der Waals surface area contributed by atoms with Crippen LogP contribution in [0.3, 0.4) is 0 Å². The van der Waals surface area contributed by atoms with Crippen molar-refractivity contribution in [3.05, 3.63) is 29.3 Å². The summed E-state index contributed by atoms with van der Waals surface area (Å²) in [5, 5.41) is 3.58. The highest BCUT2D eigenvalue weighted by Crippen LogP contribution is 2.31. The maximum absolute atomic E-state index is 12.4. The zero-order valence-electron chi connectivity index (χ0n) is 12.5. The molecule has 7 heteroatoms. The van der Waals surface area contributed by atoms with Gasteiger partial charge in [0.1, 0.15) is 5.25 Å². The minimum Gasteiger partial charge on any atom is -0.356 e. The van der Waals surface area contributed by atoms with Gasteiger partial charge in [-0.2, -0.15) is 0 Å². The fourth-order valence-electron chi connectivity index (χ4n) is 2.08. The first kappa shape index (κ1) is 16.8. The van der Waals surface area contributed by atoms with Crippen LogP contribution in [0.1, 0.15) is 20.3 Å². The molecule has 0 radical (unpaired) electrons. The van der Waals surface area contributed by atoms with E-state index in [0.29, 0.717) is 23.3 Å². The van der Waals surface area contributed by atoms with Crippen LogP contribution in [0.25, 0.3) is 0 Å². The van der Waals surface area contributed by atoms with Gasteiger partial charge in [0.05, 0.1) is 5.69 Å². The number of carbonyl (C=O) groups is 2. The number of benzene rings is 1. The Morgan fingerprint density at radius 2 is 2.05 bits per heavy atom. The Morgan fingerprint density at radius 1 is 1.36 bits per heavy atom. The molecular formula is C15H18ClN3O2S. The lowest BCUT2D eigenvalue weighted by Gasteiger charge is -2.13. The predicted octanol–water partition coefficient (Wildman–Crippen LogP) is 2.82. The van der Waals surface area contributed by atoms with Gasteiger partial charge in [0.15, 0.2) is 5.17 Å². The normalized spacial score (nSPS) is 19.8. The summed E-state index contributed by atoms with van der Waals surface area (Å²) in [5.74, 6) is -0.177. The second-order valence-corrected chi connectivity index (χ2v) is 6.32. The fraction of sp³-hybridized carbons (Fsp3) is 0.400. The van der Waals surface area contributed by atoms with Crippen LogP contribution in [-0.2, 0) is 9.59 Å². The van der Waals surface area contributed by atoms with Gasteiger partial charge in [-0.1, -0.05) is 23.4 Å². The van der Waals surface area contributed by atoms with Crippen LogP contribution in [0, 0.1) is 0 Å². The smallest absolute Gasteiger partial charge is 0.242 e. The van der Waals surface area contributed by atoms with Gasteiger partial charge in [0.25, 0.3) is 0 Å².